The van der Waals surface area contributed by atoms with Crippen LogP contribution in [0.1, 0.15) is 23.7 Å². The molecule has 0 aliphatic heterocycles. The van der Waals surface area contributed by atoms with E-state index in [2.05, 4.69) is 4.57 Å². The quantitative estimate of drug-likeness (QED) is 0.520. The predicted molar refractivity (Wildman–Crippen MR) is 85.1 cm³/mol. The Morgan fingerprint density at radius 3 is 2.33 bits per heavy atom. The fourth-order valence-corrected chi connectivity index (χ4v) is 2.92. The summed E-state index contributed by atoms with van der Waals surface area (Å²) >= 11 is 0. The number of nitrogens with zero attached hydrogens (tertiary/aromatic N) is 1. The van der Waals surface area contributed by atoms with Crippen LogP contribution in [0.4, 0.5) is 13.2 Å². The van der Waals surface area contributed by atoms with E-state index in [-0.39, 0.29) is 5.56 Å². The average Bonchev–Trinajstić information content (AvgIpc) is 2.86. The Balaban J connectivity index is 2.07. The lowest BCUT2D eigenvalue weighted by Gasteiger charge is -2.06. The van der Waals surface area contributed by atoms with Crippen LogP contribution >= 0.6 is 0 Å². The van der Waals surface area contributed by atoms with Crippen LogP contribution in [0.5, 0.6) is 0 Å². The number of ketones is 2. The van der Waals surface area contributed by atoms with Gasteiger partial charge in [0.15, 0.2) is 5.78 Å². The van der Waals surface area contributed by atoms with Gasteiger partial charge in [-0.15, -0.1) is 0 Å². The number of carbonyl (C=O) groups is 2. The average molecular weight is 333 g/mol. The molecule has 0 aliphatic rings. The normalized spacial score (nSPS) is 12.0. The standard InChI is InChI=1S/C18H14F3NO2/c1-2-22-14-6-4-3-5-12(14)13-9-11(7-8-15(13)22)16(23)10-17(24)18(19,20)21/h3-9H,2,10H2,1H3. The third-order valence-electron chi connectivity index (χ3n) is 4.05. The number of carbonyl (C=O) groups excluding carboxylic acids is 2. The Morgan fingerprint density at radius 1 is 1.00 bits per heavy atom. The Hall–Kier alpha value is -2.63. The van der Waals surface area contributed by atoms with E-state index >= 15 is 0 Å². The first-order valence-corrected chi connectivity index (χ1v) is 7.47. The molecule has 0 aliphatic carbocycles. The highest BCUT2D eigenvalue weighted by molar-refractivity contribution is 6.14. The zero-order valence-electron chi connectivity index (χ0n) is 12.9. The topological polar surface area (TPSA) is 39.1 Å². The third-order valence-corrected chi connectivity index (χ3v) is 4.05. The summed E-state index contributed by atoms with van der Waals surface area (Å²) in [6.07, 6.45) is -6.15. The van der Waals surface area contributed by atoms with Gasteiger partial charge in [0, 0.05) is 33.9 Å². The summed E-state index contributed by atoms with van der Waals surface area (Å²) in [5.74, 6) is -2.85. The van der Waals surface area contributed by atoms with Crippen molar-refractivity contribution >= 4 is 33.4 Å². The van der Waals surface area contributed by atoms with Crippen LogP contribution in [-0.4, -0.2) is 22.3 Å². The van der Waals surface area contributed by atoms with E-state index in [0.29, 0.717) is 0 Å². The van der Waals surface area contributed by atoms with Crippen molar-refractivity contribution in [3.8, 4) is 0 Å². The molecule has 0 amide bonds. The van der Waals surface area contributed by atoms with Crippen molar-refractivity contribution in [3.05, 3.63) is 48.0 Å². The van der Waals surface area contributed by atoms with E-state index in [9.17, 15) is 22.8 Å². The third kappa shape index (κ3) is 2.68. The van der Waals surface area contributed by atoms with Crippen molar-refractivity contribution in [1.82, 2.24) is 4.57 Å². The van der Waals surface area contributed by atoms with Crippen molar-refractivity contribution in [1.29, 1.82) is 0 Å². The van der Waals surface area contributed by atoms with Crippen LogP contribution in [-0.2, 0) is 11.3 Å². The van der Waals surface area contributed by atoms with Gasteiger partial charge in [0.05, 0.1) is 6.42 Å². The number of halogens is 3. The molecule has 0 spiro atoms. The van der Waals surface area contributed by atoms with Gasteiger partial charge in [0.2, 0.25) is 5.78 Å². The highest BCUT2D eigenvalue weighted by Crippen LogP contribution is 2.30. The van der Waals surface area contributed by atoms with Gasteiger partial charge in [-0.05, 0) is 31.2 Å². The number of aryl methyl sites for hydroxylation is 1. The van der Waals surface area contributed by atoms with Crippen LogP contribution in [0.3, 0.4) is 0 Å². The van der Waals surface area contributed by atoms with Gasteiger partial charge in [-0.1, -0.05) is 18.2 Å². The van der Waals surface area contributed by atoms with E-state index in [1.165, 1.54) is 6.07 Å². The molecule has 3 rings (SSSR count). The summed E-state index contributed by atoms with van der Waals surface area (Å²) in [7, 11) is 0. The minimum atomic E-state index is -4.99. The molecular formula is C18H14F3NO2. The first-order valence-electron chi connectivity index (χ1n) is 7.47. The van der Waals surface area contributed by atoms with Crippen molar-refractivity contribution in [2.75, 3.05) is 0 Å². The van der Waals surface area contributed by atoms with E-state index in [4.69, 9.17) is 0 Å². The Bertz CT molecular complexity index is 954. The second-order valence-electron chi connectivity index (χ2n) is 5.51. The summed E-state index contributed by atoms with van der Waals surface area (Å²) in [5.41, 5.74) is 2.00. The van der Waals surface area contributed by atoms with Gasteiger partial charge in [0.25, 0.3) is 0 Å². The first kappa shape index (κ1) is 16.2. The van der Waals surface area contributed by atoms with E-state index < -0.39 is 24.2 Å². The largest absolute Gasteiger partial charge is 0.450 e. The van der Waals surface area contributed by atoms with Crippen molar-refractivity contribution < 1.29 is 22.8 Å². The molecule has 24 heavy (non-hydrogen) atoms. The zero-order chi connectivity index (χ0) is 17.5. The number of fused-ring (bicyclic) bond motifs is 3. The fraction of sp³-hybridized carbons (Fsp3) is 0.222. The molecule has 2 aromatic carbocycles. The van der Waals surface area contributed by atoms with Crippen LogP contribution in [0, 0.1) is 0 Å². The maximum atomic E-state index is 12.3. The molecule has 0 bridgehead atoms. The maximum Gasteiger partial charge on any atom is 0.450 e. The van der Waals surface area contributed by atoms with Crippen molar-refractivity contribution in [3.63, 3.8) is 0 Å². The summed E-state index contributed by atoms with van der Waals surface area (Å²) in [6.45, 7) is 2.72. The molecule has 0 fully saturated rings. The Morgan fingerprint density at radius 2 is 1.67 bits per heavy atom. The van der Waals surface area contributed by atoms with E-state index in [0.717, 1.165) is 28.4 Å². The van der Waals surface area contributed by atoms with Gasteiger partial charge in [0.1, 0.15) is 0 Å². The molecule has 0 saturated carbocycles. The van der Waals surface area contributed by atoms with Gasteiger partial charge >= 0.3 is 6.18 Å². The van der Waals surface area contributed by atoms with Crippen LogP contribution in [0.25, 0.3) is 21.8 Å². The van der Waals surface area contributed by atoms with Crippen molar-refractivity contribution in [2.45, 2.75) is 26.1 Å². The zero-order valence-corrected chi connectivity index (χ0v) is 12.9. The molecule has 124 valence electrons. The highest BCUT2D eigenvalue weighted by atomic mass is 19.4. The van der Waals surface area contributed by atoms with Crippen molar-refractivity contribution in [2.24, 2.45) is 0 Å². The summed E-state index contributed by atoms with van der Waals surface area (Å²) in [6, 6.07) is 12.4. The number of rotatable bonds is 4. The summed E-state index contributed by atoms with van der Waals surface area (Å²) < 4.78 is 39.1. The molecule has 6 heteroatoms. The van der Waals surface area contributed by atoms with Gasteiger partial charge < -0.3 is 4.57 Å². The number of hydrogen-bond donors (Lipinski definition) is 0. The molecule has 1 aromatic heterocycles. The number of hydrogen-bond acceptors (Lipinski definition) is 2. The molecular weight excluding hydrogens is 319 g/mol. The smallest absolute Gasteiger partial charge is 0.341 e. The van der Waals surface area contributed by atoms with E-state index in [1.807, 2.05) is 31.2 Å². The number of Topliss-reactive ketones (excluding diaryl/α,β-unsaturated/α-hetero) is 2. The van der Waals surface area contributed by atoms with Crippen LogP contribution < -0.4 is 0 Å². The molecule has 0 N–H and O–H groups in total. The SMILES string of the molecule is CCn1c2ccccc2c2cc(C(=O)CC(=O)C(F)(F)F)ccc21. The van der Waals surface area contributed by atoms with E-state index in [1.54, 1.807) is 12.1 Å². The number of para-hydroxylation sites is 1. The molecule has 0 atom stereocenters. The first-order chi connectivity index (χ1) is 11.3. The molecule has 0 saturated heterocycles. The molecule has 0 radical (unpaired) electrons. The Kier molecular flexibility index (Phi) is 3.91. The lowest BCUT2D eigenvalue weighted by molar-refractivity contribution is -0.170. The molecule has 3 aromatic rings. The number of alkyl halides is 3. The van der Waals surface area contributed by atoms with Gasteiger partial charge in [-0.3, -0.25) is 9.59 Å². The molecule has 3 nitrogen and oxygen atoms in total. The Labute approximate surface area is 135 Å². The highest BCUT2D eigenvalue weighted by Gasteiger charge is 2.39. The number of aromatic nitrogens is 1. The summed E-state index contributed by atoms with van der Waals surface area (Å²) in [5, 5.41) is 1.71. The fourth-order valence-electron chi connectivity index (χ4n) is 2.92. The minimum Gasteiger partial charge on any atom is -0.341 e. The summed E-state index contributed by atoms with van der Waals surface area (Å²) in [4.78, 5) is 23.1. The second-order valence-corrected chi connectivity index (χ2v) is 5.51. The molecule has 1 heterocycles. The van der Waals surface area contributed by atoms with Crippen LogP contribution in [0.15, 0.2) is 42.5 Å². The second kappa shape index (κ2) is 5.78. The monoisotopic (exact) mass is 333 g/mol. The molecule has 0 unspecified atom stereocenters. The maximum absolute atomic E-state index is 12.3. The van der Waals surface area contributed by atoms with Gasteiger partial charge in [-0.2, -0.15) is 13.2 Å². The number of benzene rings is 2. The van der Waals surface area contributed by atoms with Gasteiger partial charge in [-0.25, -0.2) is 0 Å². The van der Waals surface area contributed by atoms with Crippen LogP contribution in [0.2, 0.25) is 0 Å². The predicted octanol–water partition coefficient (Wildman–Crippen LogP) is 4.52. The lowest BCUT2D eigenvalue weighted by Crippen LogP contribution is -2.25. The minimum absolute atomic E-state index is 0.110. The lowest BCUT2D eigenvalue weighted by atomic mass is 10.0.